The summed E-state index contributed by atoms with van der Waals surface area (Å²) >= 11 is 0. The number of carbonyl (C=O) groups excluding carboxylic acids is 1. The van der Waals surface area contributed by atoms with Gasteiger partial charge in [0.05, 0.1) is 0 Å². The van der Waals surface area contributed by atoms with Gasteiger partial charge in [-0.15, -0.1) is 0 Å². The highest BCUT2D eigenvalue weighted by molar-refractivity contribution is 6.24. The van der Waals surface area contributed by atoms with E-state index in [0.717, 1.165) is 10.8 Å². The number of ketones is 1. The standard InChI is InChI=1S/C19H17FN2O/c1-21(2)13-18(19(23)14-7-9-17(20)10-8-14)22-11-15-5-3-4-6-16(15)12-22/h3-13H,1-2H3. The summed E-state index contributed by atoms with van der Waals surface area (Å²) in [7, 11) is 3.72. The number of Topliss-reactive ketones (excluding diaryl/α,β-unsaturated/α-hetero) is 1. The van der Waals surface area contributed by atoms with E-state index >= 15 is 0 Å². The summed E-state index contributed by atoms with van der Waals surface area (Å²) in [4.78, 5) is 14.7. The molecule has 0 aliphatic heterocycles. The topological polar surface area (TPSA) is 25.2 Å². The Morgan fingerprint density at radius 2 is 1.57 bits per heavy atom. The molecule has 1 heterocycles. The molecule has 0 aliphatic carbocycles. The molecular formula is C19H17FN2O. The molecule has 0 atom stereocenters. The number of carbonyl (C=O) groups is 1. The summed E-state index contributed by atoms with van der Waals surface area (Å²) < 4.78 is 14.9. The molecule has 0 bridgehead atoms. The van der Waals surface area contributed by atoms with E-state index in [1.165, 1.54) is 24.3 Å². The van der Waals surface area contributed by atoms with E-state index in [1.54, 1.807) is 6.20 Å². The van der Waals surface area contributed by atoms with Crippen LogP contribution in [-0.4, -0.2) is 29.3 Å². The van der Waals surface area contributed by atoms with E-state index in [-0.39, 0.29) is 11.6 Å². The lowest BCUT2D eigenvalue weighted by Gasteiger charge is -2.12. The van der Waals surface area contributed by atoms with E-state index in [1.807, 2.05) is 60.2 Å². The highest BCUT2D eigenvalue weighted by atomic mass is 19.1. The molecule has 0 N–H and O–H groups in total. The van der Waals surface area contributed by atoms with Crippen LogP contribution in [0.4, 0.5) is 4.39 Å². The molecule has 0 fully saturated rings. The van der Waals surface area contributed by atoms with Crippen LogP contribution in [0.25, 0.3) is 16.5 Å². The molecule has 0 aliphatic rings. The van der Waals surface area contributed by atoms with Gasteiger partial charge in [0.15, 0.2) is 0 Å². The van der Waals surface area contributed by atoms with Crippen LogP contribution in [-0.2, 0) is 0 Å². The number of nitrogens with zero attached hydrogens (tertiary/aromatic N) is 2. The van der Waals surface area contributed by atoms with Crippen LogP contribution >= 0.6 is 0 Å². The Morgan fingerprint density at radius 1 is 1.00 bits per heavy atom. The molecule has 0 saturated carbocycles. The van der Waals surface area contributed by atoms with Gasteiger partial charge in [0, 0.05) is 38.3 Å². The van der Waals surface area contributed by atoms with Crippen LogP contribution in [0.5, 0.6) is 0 Å². The maximum Gasteiger partial charge on any atom is 0.211 e. The lowest BCUT2D eigenvalue weighted by Crippen LogP contribution is -2.13. The molecule has 3 aromatic rings. The number of fused-ring (bicyclic) bond motifs is 1. The third-order valence-electron chi connectivity index (χ3n) is 3.55. The molecule has 0 unspecified atom stereocenters. The highest BCUT2D eigenvalue weighted by Gasteiger charge is 2.15. The lowest BCUT2D eigenvalue weighted by molar-refractivity contribution is 0.105. The summed E-state index contributed by atoms with van der Waals surface area (Å²) in [6, 6.07) is 13.5. The molecule has 0 amide bonds. The predicted molar refractivity (Wildman–Crippen MR) is 90.6 cm³/mol. The fraction of sp³-hybridized carbons (Fsp3) is 0.105. The minimum Gasteiger partial charge on any atom is -0.382 e. The summed E-state index contributed by atoms with van der Waals surface area (Å²) in [5, 5.41) is 2.12. The van der Waals surface area contributed by atoms with Gasteiger partial charge in [-0.3, -0.25) is 4.79 Å². The average Bonchev–Trinajstić information content (AvgIpc) is 2.96. The van der Waals surface area contributed by atoms with Gasteiger partial charge in [-0.2, -0.15) is 0 Å². The average molecular weight is 308 g/mol. The normalized spacial score (nSPS) is 11.7. The minimum atomic E-state index is -0.355. The molecule has 2 aromatic carbocycles. The van der Waals surface area contributed by atoms with Crippen LogP contribution in [0, 0.1) is 5.82 Å². The first-order valence-corrected chi connectivity index (χ1v) is 7.30. The SMILES string of the molecule is CN(C)C=C(C(=O)c1ccc(F)cc1)n1cc2ccccc2c1. The monoisotopic (exact) mass is 308 g/mol. The van der Waals surface area contributed by atoms with Crippen LogP contribution in [0.15, 0.2) is 67.1 Å². The fourth-order valence-electron chi connectivity index (χ4n) is 2.46. The third kappa shape index (κ3) is 3.16. The first-order chi connectivity index (χ1) is 11.0. The maximum absolute atomic E-state index is 13.1. The Labute approximate surface area is 134 Å². The van der Waals surface area contributed by atoms with E-state index in [4.69, 9.17) is 0 Å². The third-order valence-corrected chi connectivity index (χ3v) is 3.55. The molecule has 116 valence electrons. The van der Waals surface area contributed by atoms with Crippen LogP contribution in [0.1, 0.15) is 10.4 Å². The lowest BCUT2D eigenvalue weighted by atomic mass is 10.1. The molecule has 23 heavy (non-hydrogen) atoms. The molecule has 0 saturated heterocycles. The van der Waals surface area contributed by atoms with E-state index < -0.39 is 0 Å². The Kier molecular flexibility index (Phi) is 3.98. The highest BCUT2D eigenvalue weighted by Crippen LogP contribution is 2.21. The number of halogens is 1. The van der Waals surface area contributed by atoms with Crippen LogP contribution < -0.4 is 0 Å². The number of allylic oxidation sites excluding steroid dienone is 1. The van der Waals surface area contributed by atoms with Gasteiger partial charge in [0.25, 0.3) is 0 Å². The van der Waals surface area contributed by atoms with Crippen molar-refractivity contribution in [2.75, 3.05) is 14.1 Å². The van der Waals surface area contributed by atoms with Crippen molar-refractivity contribution in [3.63, 3.8) is 0 Å². The Morgan fingerprint density at radius 3 is 2.09 bits per heavy atom. The van der Waals surface area contributed by atoms with E-state index in [9.17, 15) is 9.18 Å². The summed E-state index contributed by atoms with van der Waals surface area (Å²) in [6.45, 7) is 0. The quantitative estimate of drug-likeness (QED) is 0.537. The van der Waals surface area contributed by atoms with Gasteiger partial charge in [0.2, 0.25) is 5.78 Å². The second-order valence-corrected chi connectivity index (χ2v) is 5.61. The van der Waals surface area contributed by atoms with Crippen LogP contribution in [0.3, 0.4) is 0 Å². The van der Waals surface area contributed by atoms with Gasteiger partial charge in [-0.05, 0) is 35.0 Å². The van der Waals surface area contributed by atoms with E-state index in [0.29, 0.717) is 11.3 Å². The molecule has 1 aromatic heterocycles. The number of aromatic nitrogens is 1. The summed E-state index contributed by atoms with van der Waals surface area (Å²) in [5.74, 6) is -0.509. The Hall–Kier alpha value is -2.88. The van der Waals surface area contributed by atoms with Crippen molar-refractivity contribution in [2.24, 2.45) is 0 Å². The molecule has 4 heteroatoms. The predicted octanol–water partition coefficient (Wildman–Crippen LogP) is 4.02. The van der Waals surface area contributed by atoms with Crippen LogP contribution in [0.2, 0.25) is 0 Å². The van der Waals surface area contributed by atoms with Crippen molar-refractivity contribution in [3.8, 4) is 0 Å². The number of hydrogen-bond acceptors (Lipinski definition) is 2. The molecule has 3 rings (SSSR count). The fourth-order valence-corrected chi connectivity index (χ4v) is 2.46. The Bertz CT molecular complexity index is 843. The summed E-state index contributed by atoms with van der Waals surface area (Å²) in [5.41, 5.74) is 0.968. The van der Waals surface area contributed by atoms with Gasteiger partial charge in [0.1, 0.15) is 11.5 Å². The van der Waals surface area contributed by atoms with Gasteiger partial charge >= 0.3 is 0 Å². The number of rotatable bonds is 4. The van der Waals surface area contributed by atoms with Gasteiger partial charge in [-0.1, -0.05) is 24.3 Å². The summed E-state index contributed by atoms with van der Waals surface area (Å²) in [6.07, 6.45) is 5.61. The molecule has 0 radical (unpaired) electrons. The maximum atomic E-state index is 13.1. The van der Waals surface area contributed by atoms with Crippen molar-refractivity contribution in [1.29, 1.82) is 0 Å². The van der Waals surface area contributed by atoms with Crippen molar-refractivity contribution in [3.05, 3.63) is 78.5 Å². The zero-order chi connectivity index (χ0) is 16.4. The number of benzene rings is 2. The second-order valence-electron chi connectivity index (χ2n) is 5.61. The van der Waals surface area contributed by atoms with Crippen molar-refractivity contribution >= 4 is 22.3 Å². The van der Waals surface area contributed by atoms with Gasteiger partial charge in [-0.25, -0.2) is 4.39 Å². The molecule has 0 spiro atoms. The van der Waals surface area contributed by atoms with Gasteiger partial charge < -0.3 is 9.47 Å². The number of hydrogen-bond donors (Lipinski definition) is 0. The van der Waals surface area contributed by atoms with Crippen molar-refractivity contribution in [1.82, 2.24) is 9.47 Å². The zero-order valence-corrected chi connectivity index (χ0v) is 13.0. The first-order valence-electron chi connectivity index (χ1n) is 7.30. The zero-order valence-electron chi connectivity index (χ0n) is 13.0. The van der Waals surface area contributed by atoms with Crippen molar-refractivity contribution in [2.45, 2.75) is 0 Å². The molecule has 3 nitrogen and oxygen atoms in total. The Balaban J connectivity index is 2.07. The molecular weight excluding hydrogens is 291 g/mol. The van der Waals surface area contributed by atoms with E-state index in [2.05, 4.69) is 0 Å². The largest absolute Gasteiger partial charge is 0.382 e. The smallest absolute Gasteiger partial charge is 0.211 e. The minimum absolute atomic E-state index is 0.154. The van der Waals surface area contributed by atoms with Crippen molar-refractivity contribution < 1.29 is 9.18 Å². The second kappa shape index (κ2) is 6.08. The first kappa shape index (κ1) is 15.0.